The summed E-state index contributed by atoms with van der Waals surface area (Å²) in [6, 6.07) is 6.96. The minimum atomic E-state index is -3.74. The van der Waals surface area contributed by atoms with Gasteiger partial charge in [0.25, 0.3) is 10.0 Å². The van der Waals surface area contributed by atoms with E-state index in [1.165, 1.54) is 0 Å². The molecule has 0 saturated carbocycles. The molecule has 0 radical (unpaired) electrons. The van der Waals surface area contributed by atoms with E-state index in [4.69, 9.17) is 4.74 Å². The Morgan fingerprint density at radius 1 is 1.24 bits per heavy atom. The average molecular weight is 365 g/mol. The van der Waals surface area contributed by atoms with E-state index in [1.54, 1.807) is 36.7 Å². The Morgan fingerprint density at radius 2 is 1.92 bits per heavy atom. The molecule has 2 aromatic rings. The highest BCUT2D eigenvalue weighted by Gasteiger charge is 2.28. The summed E-state index contributed by atoms with van der Waals surface area (Å²) in [5.74, 6) is 0.640. The fourth-order valence-electron chi connectivity index (χ4n) is 2.75. The zero-order valence-corrected chi connectivity index (χ0v) is 16.6. The van der Waals surface area contributed by atoms with Gasteiger partial charge in [-0.15, -0.1) is 0 Å². The predicted octanol–water partition coefficient (Wildman–Crippen LogP) is 3.84. The van der Waals surface area contributed by atoms with Gasteiger partial charge in [-0.1, -0.05) is 13.0 Å². The number of ether oxygens (including phenoxy) is 1. The van der Waals surface area contributed by atoms with Crippen LogP contribution in [-0.4, -0.2) is 24.8 Å². The Bertz CT molecular complexity index is 849. The van der Waals surface area contributed by atoms with Gasteiger partial charge in [0.2, 0.25) is 0 Å². The van der Waals surface area contributed by atoms with Gasteiger partial charge >= 0.3 is 0 Å². The Balaban J connectivity index is 2.36. The summed E-state index contributed by atoms with van der Waals surface area (Å²) < 4.78 is 35.8. The smallest absolute Gasteiger partial charge is 0.265 e. The number of sulfonamides is 1. The quantitative estimate of drug-likeness (QED) is 0.844. The number of benzene rings is 1. The highest BCUT2D eigenvalue weighted by Crippen LogP contribution is 2.27. The lowest BCUT2D eigenvalue weighted by Crippen LogP contribution is -2.25. The summed E-state index contributed by atoms with van der Waals surface area (Å²) in [4.78, 5) is 0.224. The first-order valence-electron chi connectivity index (χ1n) is 8.38. The second-order valence-electron chi connectivity index (χ2n) is 7.06. The molecule has 0 aliphatic rings. The van der Waals surface area contributed by atoms with Gasteiger partial charge in [0, 0.05) is 6.07 Å². The fourth-order valence-corrected chi connectivity index (χ4v) is 4.19. The largest absolute Gasteiger partial charge is 0.494 e. The third-order valence-corrected chi connectivity index (χ3v) is 5.32. The van der Waals surface area contributed by atoms with Crippen molar-refractivity contribution < 1.29 is 13.2 Å². The maximum Gasteiger partial charge on any atom is 0.265 e. The van der Waals surface area contributed by atoms with Gasteiger partial charge in [-0.05, 0) is 53.2 Å². The van der Waals surface area contributed by atoms with Crippen molar-refractivity contribution in [2.24, 2.45) is 0 Å². The Hall–Kier alpha value is -2.02. The molecule has 1 heterocycles. The Morgan fingerprint density at radius 3 is 2.48 bits per heavy atom. The normalized spacial score (nSPS) is 12.2. The zero-order valence-electron chi connectivity index (χ0n) is 15.8. The van der Waals surface area contributed by atoms with Crippen LogP contribution in [0, 0.1) is 13.8 Å². The van der Waals surface area contributed by atoms with Crippen molar-refractivity contribution in [3.8, 4) is 5.75 Å². The third kappa shape index (κ3) is 4.34. The highest BCUT2D eigenvalue weighted by atomic mass is 32.2. The minimum Gasteiger partial charge on any atom is -0.494 e. The molecule has 25 heavy (non-hydrogen) atoms. The van der Waals surface area contributed by atoms with E-state index < -0.39 is 10.0 Å². The monoisotopic (exact) mass is 365 g/mol. The average Bonchev–Trinajstić information content (AvgIpc) is 2.80. The van der Waals surface area contributed by atoms with E-state index in [1.807, 2.05) is 33.8 Å². The number of hydrogen-bond donors (Lipinski definition) is 1. The van der Waals surface area contributed by atoms with E-state index >= 15 is 0 Å². The number of rotatable bonds is 6. The van der Waals surface area contributed by atoms with Gasteiger partial charge in [-0.3, -0.25) is 9.40 Å². The molecule has 2 rings (SSSR count). The maximum atomic E-state index is 12.9. The predicted molar refractivity (Wildman–Crippen MR) is 99.7 cm³/mol. The molecule has 7 heteroatoms. The van der Waals surface area contributed by atoms with Crippen LogP contribution < -0.4 is 9.46 Å². The highest BCUT2D eigenvalue weighted by molar-refractivity contribution is 7.92. The van der Waals surface area contributed by atoms with Crippen LogP contribution in [0.3, 0.4) is 0 Å². The molecule has 0 aliphatic heterocycles. The van der Waals surface area contributed by atoms with Gasteiger partial charge in [0.15, 0.2) is 0 Å². The summed E-state index contributed by atoms with van der Waals surface area (Å²) in [6.07, 6.45) is 0.889. The second kappa shape index (κ2) is 7.07. The standard InChI is InChI=1S/C18H27N3O3S/c1-7-11-24-16-10-8-9-15(12-16)20-25(22,23)17-13(2)19-21(14(17)3)18(4,5)6/h8-10,12,20H,7,11H2,1-6H3. The van der Waals surface area contributed by atoms with Crippen LogP contribution in [0.15, 0.2) is 29.2 Å². The van der Waals surface area contributed by atoms with Gasteiger partial charge < -0.3 is 4.74 Å². The van der Waals surface area contributed by atoms with Crippen molar-refractivity contribution in [3.63, 3.8) is 0 Å². The fraction of sp³-hybridized carbons (Fsp3) is 0.500. The molecule has 0 spiro atoms. The molecule has 0 unspecified atom stereocenters. The zero-order chi connectivity index (χ0) is 18.8. The molecule has 138 valence electrons. The van der Waals surface area contributed by atoms with Crippen LogP contribution >= 0.6 is 0 Å². The van der Waals surface area contributed by atoms with Gasteiger partial charge in [-0.2, -0.15) is 5.10 Å². The van der Waals surface area contributed by atoms with Crippen LogP contribution in [0.4, 0.5) is 5.69 Å². The van der Waals surface area contributed by atoms with E-state index in [0.29, 0.717) is 29.4 Å². The molecule has 0 saturated heterocycles. The van der Waals surface area contributed by atoms with Crippen LogP contribution in [0.2, 0.25) is 0 Å². The van der Waals surface area contributed by atoms with Crippen molar-refractivity contribution in [1.82, 2.24) is 9.78 Å². The molecule has 1 N–H and O–H groups in total. The Labute approximate surface area is 150 Å². The topological polar surface area (TPSA) is 73.2 Å². The molecule has 0 atom stereocenters. The van der Waals surface area contributed by atoms with Crippen LogP contribution in [0.25, 0.3) is 0 Å². The van der Waals surface area contributed by atoms with Gasteiger partial charge in [-0.25, -0.2) is 8.42 Å². The molecule has 0 fully saturated rings. The van der Waals surface area contributed by atoms with E-state index in [2.05, 4.69) is 9.82 Å². The van der Waals surface area contributed by atoms with Crippen LogP contribution in [0.5, 0.6) is 5.75 Å². The second-order valence-corrected chi connectivity index (χ2v) is 8.68. The molecule has 1 aromatic heterocycles. The van der Waals surface area contributed by atoms with E-state index in [9.17, 15) is 8.42 Å². The molecule has 1 aromatic carbocycles. The molecular weight excluding hydrogens is 338 g/mol. The number of nitrogens with one attached hydrogen (secondary N) is 1. The van der Waals surface area contributed by atoms with Crippen LogP contribution in [-0.2, 0) is 15.6 Å². The number of aryl methyl sites for hydroxylation is 1. The van der Waals surface area contributed by atoms with Crippen molar-refractivity contribution >= 4 is 15.7 Å². The van der Waals surface area contributed by atoms with Crippen molar-refractivity contribution in [3.05, 3.63) is 35.7 Å². The first-order chi connectivity index (χ1) is 11.6. The summed E-state index contributed by atoms with van der Waals surface area (Å²) in [5, 5.41) is 4.42. The lowest BCUT2D eigenvalue weighted by Gasteiger charge is -2.21. The van der Waals surface area contributed by atoms with E-state index in [0.717, 1.165) is 6.42 Å². The van der Waals surface area contributed by atoms with Crippen molar-refractivity contribution in [1.29, 1.82) is 0 Å². The van der Waals surface area contributed by atoms with Gasteiger partial charge in [0.1, 0.15) is 10.6 Å². The number of aromatic nitrogens is 2. The van der Waals surface area contributed by atoms with Crippen molar-refractivity contribution in [2.45, 2.75) is 58.4 Å². The lowest BCUT2D eigenvalue weighted by molar-refractivity contribution is 0.317. The SMILES string of the molecule is CCCOc1cccc(NS(=O)(=O)c2c(C)nn(C(C)(C)C)c2C)c1. The lowest BCUT2D eigenvalue weighted by atomic mass is 10.1. The van der Waals surface area contributed by atoms with Crippen LogP contribution in [0.1, 0.15) is 45.5 Å². The number of hydrogen-bond acceptors (Lipinski definition) is 4. The molecule has 0 amide bonds. The molecular formula is C18H27N3O3S. The first-order valence-corrected chi connectivity index (χ1v) is 9.87. The van der Waals surface area contributed by atoms with E-state index in [-0.39, 0.29) is 10.4 Å². The summed E-state index contributed by atoms with van der Waals surface area (Å²) in [6.45, 7) is 12.1. The summed E-state index contributed by atoms with van der Waals surface area (Å²) in [5.41, 5.74) is 1.28. The van der Waals surface area contributed by atoms with Crippen molar-refractivity contribution in [2.75, 3.05) is 11.3 Å². The Kier molecular flexibility index (Phi) is 5.46. The summed E-state index contributed by atoms with van der Waals surface area (Å²) in [7, 11) is -3.74. The molecule has 6 nitrogen and oxygen atoms in total. The number of nitrogens with zero attached hydrogens (tertiary/aromatic N) is 2. The molecule has 0 bridgehead atoms. The minimum absolute atomic E-state index is 0.224. The maximum absolute atomic E-state index is 12.9. The first kappa shape index (κ1) is 19.3. The summed E-state index contributed by atoms with van der Waals surface area (Å²) >= 11 is 0. The third-order valence-electron chi connectivity index (χ3n) is 3.69. The molecule has 0 aliphatic carbocycles. The number of anilines is 1. The van der Waals surface area contributed by atoms with Gasteiger partial charge in [0.05, 0.1) is 29.2 Å².